The summed E-state index contributed by atoms with van der Waals surface area (Å²) in [5.74, 6) is 0.892. The molecule has 1 spiro atoms. The number of hydrogen-bond acceptors (Lipinski definition) is 4. The molecule has 4 rings (SSSR count). The zero-order valence-corrected chi connectivity index (χ0v) is 20.3. The zero-order valence-electron chi connectivity index (χ0n) is 20.3. The second-order valence-electron chi connectivity index (χ2n) is 9.59. The zero-order chi connectivity index (χ0) is 23.2. The topological polar surface area (TPSA) is 42.0 Å². The lowest BCUT2D eigenvalue weighted by atomic mass is 9.72. The van der Waals surface area contributed by atoms with E-state index >= 15 is 0 Å². The van der Waals surface area contributed by atoms with E-state index in [2.05, 4.69) is 29.2 Å². The Hall–Kier alpha value is -2.69. The molecule has 2 aliphatic heterocycles. The highest BCUT2D eigenvalue weighted by Crippen LogP contribution is 2.43. The first kappa shape index (κ1) is 24.0. The van der Waals surface area contributed by atoms with Crippen molar-refractivity contribution in [3.8, 4) is 5.75 Å². The Bertz CT molecular complexity index is 843. The van der Waals surface area contributed by atoms with Gasteiger partial charge in [0.25, 0.3) is 0 Å². The molecule has 0 atom stereocenters. The van der Waals surface area contributed by atoms with Gasteiger partial charge in [0.1, 0.15) is 18.0 Å². The van der Waals surface area contributed by atoms with Gasteiger partial charge in [-0.05, 0) is 63.4 Å². The summed E-state index contributed by atoms with van der Waals surface area (Å²) in [5, 5.41) is 0. The van der Waals surface area contributed by atoms with Crippen LogP contribution in [-0.2, 0) is 11.3 Å². The van der Waals surface area contributed by atoms with Gasteiger partial charge in [0.05, 0.1) is 0 Å². The summed E-state index contributed by atoms with van der Waals surface area (Å²) in [6.07, 6.45) is 1.90. The highest BCUT2D eigenvalue weighted by Gasteiger charge is 2.45. The van der Waals surface area contributed by atoms with Crippen LogP contribution >= 0.6 is 0 Å². The van der Waals surface area contributed by atoms with Gasteiger partial charge in [-0.2, -0.15) is 0 Å². The molecule has 0 bridgehead atoms. The second-order valence-corrected chi connectivity index (χ2v) is 9.59. The maximum Gasteiger partial charge on any atom is 0.410 e. The molecule has 0 unspecified atom stereocenters. The summed E-state index contributed by atoms with van der Waals surface area (Å²) in [4.78, 5) is 16.6. The molecule has 2 aromatic rings. The molecule has 32 heavy (non-hydrogen) atoms. The van der Waals surface area contributed by atoms with Crippen molar-refractivity contribution >= 4 is 11.8 Å². The van der Waals surface area contributed by atoms with E-state index in [1.165, 1.54) is 11.3 Å². The molecule has 0 aromatic heterocycles. The maximum atomic E-state index is 12.3. The summed E-state index contributed by atoms with van der Waals surface area (Å²) in [6, 6.07) is 18.6. The number of hydrogen-bond donors (Lipinski definition) is 0. The van der Waals surface area contributed by atoms with Crippen molar-refractivity contribution in [1.29, 1.82) is 0 Å². The van der Waals surface area contributed by atoms with Crippen LogP contribution in [0.1, 0.15) is 53.0 Å². The number of nitrogens with zero attached hydrogens (tertiary/aromatic N) is 2. The van der Waals surface area contributed by atoms with Gasteiger partial charge in [-0.1, -0.05) is 44.2 Å². The number of amides is 1. The molecule has 0 saturated carbocycles. The first-order chi connectivity index (χ1) is 15.3. The number of rotatable bonds is 4. The smallest absolute Gasteiger partial charge is 0.410 e. The third kappa shape index (κ3) is 6.18. The van der Waals surface area contributed by atoms with Crippen LogP contribution in [-0.4, -0.2) is 42.8 Å². The quantitative estimate of drug-likeness (QED) is 0.576. The molecule has 5 nitrogen and oxygen atoms in total. The van der Waals surface area contributed by atoms with Crippen molar-refractivity contribution < 1.29 is 14.3 Å². The number of ether oxygens (including phenoxy) is 2. The number of likely N-dealkylation sites (tertiary alicyclic amines) is 1. The Morgan fingerprint density at radius 1 is 0.938 bits per heavy atom. The summed E-state index contributed by atoms with van der Waals surface area (Å²) in [7, 11) is 0. The Morgan fingerprint density at radius 3 is 2.09 bits per heavy atom. The Labute approximate surface area is 193 Å². The van der Waals surface area contributed by atoms with Gasteiger partial charge in [0.15, 0.2) is 0 Å². The average molecular weight is 439 g/mol. The minimum absolute atomic E-state index is 0.181. The van der Waals surface area contributed by atoms with Crippen LogP contribution < -0.4 is 9.64 Å². The lowest BCUT2D eigenvalue weighted by molar-refractivity contribution is 0.00598. The third-order valence-electron chi connectivity index (χ3n) is 5.98. The molecule has 0 N–H and O–H groups in total. The number of piperidine rings is 1. The molecular formula is C27H38N2O3. The van der Waals surface area contributed by atoms with Crippen LogP contribution in [0.2, 0.25) is 0 Å². The van der Waals surface area contributed by atoms with Gasteiger partial charge in [-0.3, -0.25) is 0 Å². The minimum Gasteiger partial charge on any atom is -0.489 e. The van der Waals surface area contributed by atoms with E-state index in [1.54, 1.807) is 0 Å². The molecule has 2 aliphatic rings. The van der Waals surface area contributed by atoms with Gasteiger partial charge in [0, 0.05) is 37.3 Å². The molecule has 2 heterocycles. The molecule has 0 radical (unpaired) electrons. The number of carbonyl (C=O) groups excluding carboxylic acids is 1. The average Bonchev–Trinajstić information content (AvgIpc) is 2.77. The van der Waals surface area contributed by atoms with E-state index in [0.717, 1.165) is 44.8 Å². The van der Waals surface area contributed by atoms with Crippen molar-refractivity contribution in [2.24, 2.45) is 5.41 Å². The monoisotopic (exact) mass is 438 g/mol. The standard InChI is InChI=1S/C25H32N2O3.C2H6/c1-24(2,3)30-23(28)26-15-13-25(14-16-26)18-27(19-25)21-9-11-22(12-10-21)29-17-20-7-5-4-6-8-20;1-2/h4-12H,13-19H2,1-3H3;1-2H3. The van der Waals surface area contributed by atoms with Gasteiger partial charge < -0.3 is 19.3 Å². The Morgan fingerprint density at radius 2 is 1.53 bits per heavy atom. The fourth-order valence-electron chi connectivity index (χ4n) is 4.25. The van der Waals surface area contributed by atoms with Gasteiger partial charge in [-0.25, -0.2) is 4.79 Å². The second kappa shape index (κ2) is 10.3. The van der Waals surface area contributed by atoms with Crippen LogP contribution in [0.5, 0.6) is 5.75 Å². The largest absolute Gasteiger partial charge is 0.489 e. The van der Waals surface area contributed by atoms with Crippen molar-refractivity contribution in [2.75, 3.05) is 31.1 Å². The molecule has 2 fully saturated rings. The fourth-order valence-corrected chi connectivity index (χ4v) is 4.25. The number of carbonyl (C=O) groups is 1. The van der Waals surface area contributed by atoms with E-state index in [1.807, 2.05) is 69.9 Å². The molecule has 0 aliphatic carbocycles. The molecule has 174 valence electrons. The number of anilines is 1. The maximum absolute atomic E-state index is 12.3. The van der Waals surface area contributed by atoms with E-state index in [4.69, 9.17) is 9.47 Å². The van der Waals surface area contributed by atoms with Crippen molar-refractivity contribution in [3.63, 3.8) is 0 Å². The summed E-state index contributed by atoms with van der Waals surface area (Å²) >= 11 is 0. The lowest BCUT2D eigenvalue weighted by Crippen LogP contribution is -2.61. The van der Waals surface area contributed by atoms with Crippen LogP contribution in [0.25, 0.3) is 0 Å². The van der Waals surface area contributed by atoms with E-state index < -0.39 is 5.60 Å². The lowest BCUT2D eigenvalue weighted by Gasteiger charge is -2.55. The van der Waals surface area contributed by atoms with Crippen LogP contribution in [0.15, 0.2) is 54.6 Å². The summed E-state index contributed by atoms with van der Waals surface area (Å²) in [5.41, 5.74) is 2.31. The molecule has 1 amide bonds. The van der Waals surface area contributed by atoms with E-state index in [-0.39, 0.29) is 6.09 Å². The fraction of sp³-hybridized carbons (Fsp3) is 0.519. The summed E-state index contributed by atoms with van der Waals surface area (Å²) < 4.78 is 11.4. The van der Waals surface area contributed by atoms with E-state index in [9.17, 15) is 4.79 Å². The normalized spacial score (nSPS) is 17.2. The van der Waals surface area contributed by atoms with Gasteiger partial charge in [0.2, 0.25) is 0 Å². The highest BCUT2D eigenvalue weighted by atomic mass is 16.6. The van der Waals surface area contributed by atoms with Crippen LogP contribution in [0.3, 0.4) is 0 Å². The Balaban J connectivity index is 0.00000141. The minimum atomic E-state index is -0.434. The van der Waals surface area contributed by atoms with Gasteiger partial charge >= 0.3 is 6.09 Å². The van der Waals surface area contributed by atoms with Crippen LogP contribution in [0.4, 0.5) is 10.5 Å². The first-order valence-electron chi connectivity index (χ1n) is 11.8. The molecule has 2 aromatic carbocycles. The summed E-state index contributed by atoms with van der Waals surface area (Å²) in [6.45, 7) is 14.0. The SMILES string of the molecule is CC.CC(C)(C)OC(=O)N1CCC2(CC1)CN(c1ccc(OCc3ccccc3)cc1)C2. The Kier molecular flexibility index (Phi) is 7.70. The molecule has 2 saturated heterocycles. The van der Waals surface area contributed by atoms with Gasteiger partial charge in [-0.15, -0.1) is 0 Å². The van der Waals surface area contributed by atoms with Crippen molar-refractivity contribution in [3.05, 3.63) is 60.2 Å². The highest BCUT2D eigenvalue weighted by molar-refractivity contribution is 5.68. The predicted molar refractivity (Wildman–Crippen MR) is 130 cm³/mol. The van der Waals surface area contributed by atoms with Crippen molar-refractivity contribution in [2.45, 2.75) is 59.7 Å². The number of benzene rings is 2. The van der Waals surface area contributed by atoms with Crippen LogP contribution in [0, 0.1) is 5.41 Å². The molecular weight excluding hydrogens is 400 g/mol. The first-order valence-corrected chi connectivity index (χ1v) is 11.8. The molecule has 5 heteroatoms. The third-order valence-corrected chi connectivity index (χ3v) is 5.98. The predicted octanol–water partition coefficient (Wildman–Crippen LogP) is 6.13. The van der Waals surface area contributed by atoms with Crippen molar-refractivity contribution in [1.82, 2.24) is 4.90 Å². The van der Waals surface area contributed by atoms with E-state index in [0.29, 0.717) is 12.0 Å².